The maximum atomic E-state index is 13.7. The van der Waals surface area contributed by atoms with E-state index in [-0.39, 0.29) is 11.8 Å². The van der Waals surface area contributed by atoms with Crippen molar-refractivity contribution in [2.45, 2.75) is 57.5 Å². The topological polar surface area (TPSA) is 120 Å². The lowest BCUT2D eigenvalue weighted by Crippen LogP contribution is -2.57. The van der Waals surface area contributed by atoms with Gasteiger partial charge in [0.05, 0.1) is 16.6 Å². The molecule has 8 heteroatoms. The molecule has 0 saturated carbocycles. The number of benzene rings is 2. The van der Waals surface area contributed by atoms with Gasteiger partial charge < -0.3 is 25.9 Å². The summed E-state index contributed by atoms with van der Waals surface area (Å²) in [6.45, 7) is 6.54. The van der Waals surface area contributed by atoms with Gasteiger partial charge >= 0.3 is 0 Å². The molecule has 8 nitrogen and oxygen atoms in total. The highest BCUT2D eigenvalue weighted by molar-refractivity contribution is 5.92. The highest BCUT2D eigenvalue weighted by Crippen LogP contribution is 2.32. The Balaban J connectivity index is 1.33. The molecule has 2 aromatic heterocycles. The number of carbonyl (C=O) groups is 2. The summed E-state index contributed by atoms with van der Waals surface area (Å²) in [7, 11) is 0. The Bertz CT molecular complexity index is 1400. The molecule has 0 unspecified atom stereocenters. The number of nitrogens with one attached hydrogen (secondary N) is 3. The number of hydrogen-bond donors (Lipinski definition) is 4. The van der Waals surface area contributed by atoms with Gasteiger partial charge in [-0.1, -0.05) is 30.3 Å². The number of nitrogens with two attached hydrogens (primary N) is 1. The number of piperidine rings is 1. The van der Waals surface area contributed by atoms with Crippen LogP contribution in [0.5, 0.6) is 0 Å². The van der Waals surface area contributed by atoms with Crippen LogP contribution in [-0.4, -0.2) is 56.3 Å². The quantitative estimate of drug-likeness (QED) is 0.333. The summed E-state index contributed by atoms with van der Waals surface area (Å²) in [5, 5.41) is 4.00. The van der Waals surface area contributed by atoms with E-state index in [4.69, 9.17) is 10.7 Å². The predicted molar refractivity (Wildman–Crippen MR) is 142 cm³/mol. The van der Waals surface area contributed by atoms with Crippen molar-refractivity contribution in [1.82, 2.24) is 25.2 Å². The van der Waals surface area contributed by atoms with Crippen LogP contribution in [0.4, 0.5) is 0 Å². The van der Waals surface area contributed by atoms with Gasteiger partial charge in [0.1, 0.15) is 11.9 Å². The Labute approximate surface area is 210 Å². The summed E-state index contributed by atoms with van der Waals surface area (Å²) in [6.07, 6.45) is 4.03. The molecule has 0 aliphatic carbocycles. The van der Waals surface area contributed by atoms with Crippen molar-refractivity contribution in [3.8, 4) is 0 Å². The second kappa shape index (κ2) is 9.43. The van der Waals surface area contributed by atoms with Gasteiger partial charge in [-0.3, -0.25) is 9.59 Å². The first kappa shape index (κ1) is 24.1. The van der Waals surface area contributed by atoms with Crippen molar-refractivity contribution in [3.63, 3.8) is 0 Å². The number of carbonyl (C=O) groups excluding carboxylic acids is 2. The molecule has 188 valence electrons. The Morgan fingerprint density at radius 2 is 1.86 bits per heavy atom. The van der Waals surface area contributed by atoms with E-state index in [1.54, 1.807) is 13.8 Å². The minimum absolute atomic E-state index is 0.0647. The van der Waals surface area contributed by atoms with Crippen LogP contribution < -0.4 is 11.1 Å². The van der Waals surface area contributed by atoms with E-state index in [0.717, 1.165) is 46.2 Å². The van der Waals surface area contributed by atoms with E-state index in [1.165, 1.54) is 5.56 Å². The van der Waals surface area contributed by atoms with Gasteiger partial charge in [0.15, 0.2) is 0 Å². The minimum Gasteiger partial charge on any atom is -0.361 e. The average molecular weight is 487 g/mol. The van der Waals surface area contributed by atoms with Gasteiger partial charge in [-0.05, 0) is 62.8 Å². The standard InChI is InChI=1S/C28H34N6O2/c1-17-31-23-10-6-8-21(25(23)32-17)18-11-13-34(14-12-18)26(35)24(33-27(36)28(2,3)29)15-19-16-30-22-9-5-4-7-20(19)22/h4-10,16,18,24,30H,11-15,29H2,1-3H3,(H,31,32)(H,33,36)/t24-/m1/s1. The lowest BCUT2D eigenvalue weighted by Gasteiger charge is -2.35. The third-order valence-electron chi connectivity index (χ3n) is 7.20. The summed E-state index contributed by atoms with van der Waals surface area (Å²) in [4.78, 5) is 39.7. The van der Waals surface area contributed by atoms with Crippen LogP contribution in [0.3, 0.4) is 0 Å². The van der Waals surface area contributed by atoms with Crippen LogP contribution >= 0.6 is 0 Å². The number of rotatable bonds is 6. The van der Waals surface area contributed by atoms with Crippen molar-refractivity contribution in [3.05, 3.63) is 65.6 Å². The Hall–Kier alpha value is -3.65. The summed E-state index contributed by atoms with van der Waals surface area (Å²) in [5.41, 5.74) is 10.3. The van der Waals surface area contributed by atoms with Crippen LogP contribution in [0.2, 0.25) is 0 Å². The van der Waals surface area contributed by atoms with E-state index in [0.29, 0.717) is 25.4 Å². The molecule has 1 fully saturated rings. The van der Waals surface area contributed by atoms with Gasteiger partial charge in [-0.2, -0.15) is 0 Å². The molecule has 36 heavy (non-hydrogen) atoms. The number of hydrogen-bond acceptors (Lipinski definition) is 4. The van der Waals surface area contributed by atoms with Gasteiger partial charge in [0.2, 0.25) is 11.8 Å². The van der Waals surface area contributed by atoms with Crippen LogP contribution in [0.15, 0.2) is 48.7 Å². The van der Waals surface area contributed by atoms with E-state index >= 15 is 0 Å². The van der Waals surface area contributed by atoms with Crippen LogP contribution in [0.1, 0.15) is 49.6 Å². The number of nitrogens with zero attached hydrogens (tertiary/aromatic N) is 2. The van der Waals surface area contributed by atoms with Crippen LogP contribution in [0, 0.1) is 6.92 Å². The minimum atomic E-state index is -1.08. The maximum absolute atomic E-state index is 13.7. The highest BCUT2D eigenvalue weighted by atomic mass is 16.2. The molecule has 0 spiro atoms. The molecular formula is C28H34N6O2. The molecule has 2 amide bonds. The average Bonchev–Trinajstić information content (AvgIpc) is 3.45. The number of imidazole rings is 1. The number of likely N-dealkylation sites (tertiary alicyclic amines) is 1. The van der Waals surface area contributed by atoms with Crippen LogP contribution in [0.25, 0.3) is 21.9 Å². The van der Waals surface area contributed by atoms with E-state index in [9.17, 15) is 9.59 Å². The molecule has 1 saturated heterocycles. The largest absolute Gasteiger partial charge is 0.361 e. The molecule has 0 radical (unpaired) electrons. The number of fused-ring (bicyclic) bond motifs is 2. The summed E-state index contributed by atoms with van der Waals surface area (Å²) in [5.74, 6) is 0.843. The maximum Gasteiger partial charge on any atom is 0.245 e. The molecule has 5 N–H and O–H groups in total. The molecule has 1 aliphatic rings. The Morgan fingerprint density at radius 1 is 1.14 bits per heavy atom. The molecule has 5 rings (SSSR count). The van der Waals surface area contributed by atoms with Crippen molar-refractivity contribution in [1.29, 1.82) is 0 Å². The van der Waals surface area contributed by atoms with Gasteiger partial charge in [0, 0.05) is 36.6 Å². The summed E-state index contributed by atoms with van der Waals surface area (Å²) < 4.78 is 0. The summed E-state index contributed by atoms with van der Waals surface area (Å²) in [6, 6.07) is 13.6. The molecule has 4 aromatic rings. The third-order valence-corrected chi connectivity index (χ3v) is 7.20. The fraction of sp³-hybridized carbons (Fsp3) is 0.393. The van der Waals surface area contributed by atoms with Crippen molar-refractivity contribution >= 4 is 33.8 Å². The molecule has 3 heterocycles. The zero-order valence-electron chi connectivity index (χ0n) is 21.1. The lowest BCUT2D eigenvalue weighted by molar-refractivity contribution is -0.138. The summed E-state index contributed by atoms with van der Waals surface area (Å²) >= 11 is 0. The number of para-hydroxylation sites is 2. The SMILES string of the molecule is Cc1nc2c(C3CCN(C(=O)[C@@H](Cc4c[nH]c5ccccc45)NC(=O)C(C)(C)N)CC3)cccc2[nH]1. The fourth-order valence-corrected chi connectivity index (χ4v) is 5.20. The van der Waals surface area contributed by atoms with Crippen LogP contribution in [-0.2, 0) is 16.0 Å². The molecule has 2 aromatic carbocycles. The fourth-order valence-electron chi connectivity index (χ4n) is 5.20. The molecule has 0 bridgehead atoms. The first-order valence-electron chi connectivity index (χ1n) is 12.6. The zero-order valence-corrected chi connectivity index (χ0v) is 21.1. The number of aromatic amines is 2. The predicted octanol–water partition coefficient (Wildman–Crippen LogP) is 3.52. The second-order valence-corrected chi connectivity index (χ2v) is 10.5. The van der Waals surface area contributed by atoms with Crippen molar-refractivity contribution in [2.75, 3.05) is 13.1 Å². The van der Waals surface area contributed by atoms with E-state index in [2.05, 4.69) is 33.5 Å². The molecule has 1 atom stereocenters. The smallest absolute Gasteiger partial charge is 0.245 e. The molecular weight excluding hydrogens is 452 g/mol. The van der Waals surface area contributed by atoms with E-state index in [1.807, 2.05) is 42.3 Å². The van der Waals surface area contributed by atoms with Crippen molar-refractivity contribution < 1.29 is 9.59 Å². The Morgan fingerprint density at radius 3 is 2.61 bits per heavy atom. The first-order valence-corrected chi connectivity index (χ1v) is 12.6. The number of aryl methyl sites for hydroxylation is 1. The number of amides is 2. The van der Waals surface area contributed by atoms with E-state index < -0.39 is 11.6 Å². The second-order valence-electron chi connectivity index (χ2n) is 10.5. The normalized spacial score (nSPS) is 15.9. The first-order chi connectivity index (χ1) is 17.2. The van der Waals surface area contributed by atoms with Gasteiger partial charge in [0.25, 0.3) is 0 Å². The van der Waals surface area contributed by atoms with Crippen molar-refractivity contribution in [2.24, 2.45) is 5.73 Å². The zero-order chi connectivity index (χ0) is 25.4. The number of H-pyrrole nitrogens is 2. The lowest BCUT2D eigenvalue weighted by atomic mass is 9.88. The third kappa shape index (κ3) is 4.73. The Kier molecular flexibility index (Phi) is 6.30. The van der Waals surface area contributed by atoms with Gasteiger partial charge in [-0.25, -0.2) is 4.98 Å². The van der Waals surface area contributed by atoms with Gasteiger partial charge in [-0.15, -0.1) is 0 Å². The highest BCUT2D eigenvalue weighted by Gasteiger charge is 2.33. The molecule has 1 aliphatic heterocycles. The number of aromatic nitrogens is 3. The monoisotopic (exact) mass is 486 g/mol.